The van der Waals surface area contributed by atoms with Gasteiger partial charge in [0.05, 0.1) is 11.0 Å². The number of halogens is 1. The number of non-ortho nitro benzene ring substituents is 1. The second kappa shape index (κ2) is 4.83. The molecule has 90 valence electrons. The Labute approximate surface area is 106 Å². The van der Waals surface area contributed by atoms with E-state index in [1.165, 1.54) is 12.1 Å². The average molecular weight is 300 g/mol. The standard InChI is InChI=1S/C11H10BrNO4/c12-8-3-9(13(15)16)5-10(4-8)17-6-11(14)7-1-2-7/h3-5,7H,1-2,6H2. The van der Waals surface area contributed by atoms with Crippen molar-refractivity contribution in [2.75, 3.05) is 6.61 Å². The maximum atomic E-state index is 11.4. The predicted octanol–water partition coefficient (Wildman–Crippen LogP) is 2.72. The van der Waals surface area contributed by atoms with Gasteiger partial charge in [0.1, 0.15) is 12.4 Å². The van der Waals surface area contributed by atoms with Crippen LogP contribution in [0.1, 0.15) is 12.8 Å². The molecule has 0 aliphatic heterocycles. The van der Waals surface area contributed by atoms with Crippen molar-refractivity contribution in [3.8, 4) is 5.75 Å². The predicted molar refractivity (Wildman–Crippen MR) is 64.0 cm³/mol. The van der Waals surface area contributed by atoms with Gasteiger partial charge < -0.3 is 4.74 Å². The van der Waals surface area contributed by atoms with Gasteiger partial charge in [-0.3, -0.25) is 14.9 Å². The summed E-state index contributed by atoms with van der Waals surface area (Å²) in [6, 6.07) is 4.30. The molecule has 0 spiro atoms. The van der Waals surface area contributed by atoms with Crippen LogP contribution < -0.4 is 4.74 Å². The van der Waals surface area contributed by atoms with E-state index in [1.54, 1.807) is 6.07 Å². The zero-order valence-corrected chi connectivity index (χ0v) is 10.5. The highest BCUT2D eigenvalue weighted by Gasteiger charge is 2.29. The maximum absolute atomic E-state index is 11.4. The molecular weight excluding hydrogens is 290 g/mol. The van der Waals surface area contributed by atoms with Gasteiger partial charge in [0.2, 0.25) is 0 Å². The molecule has 6 heteroatoms. The fourth-order valence-electron chi connectivity index (χ4n) is 1.41. The van der Waals surface area contributed by atoms with Gasteiger partial charge in [-0.15, -0.1) is 0 Å². The van der Waals surface area contributed by atoms with E-state index in [1.807, 2.05) is 0 Å². The lowest BCUT2D eigenvalue weighted by Gasteiger charge is -2.05. The number of carbonyl (C=O) groups excluding carboxylic acids is 1. The second-order valence-corrected chi connectivity index (χ2v) is 4.85. The Hall–Kier alpha value is -1.43. The van der Waals surface area contributed by atoms with E-state index in [9.17, 15) is 14.9 Å². The first-order valence-corrected chi connectivity index (χ1v) is 5.96. The molecule has 0 atom stereocenters. The second-order valence-electron chi connectivity index (χ2n) is 3.93. The molecule has 1 aromatic carbocycles. The highest BCUT2D eigenvalue weighted by atomic mass is 79.9. The third-order valence-corrected chi connectivity index (χ3v) is 2.94. The summed E-state index contributed by atoms with van der Waals surface area (Å²) in [5, 5.41) is 10.6. The average Bonchev–Trinajstić information content (AvgIpc) is 3.08. The van der Waals surface area contributed by atoms with Crippen LogP contribution in [-0.2, 0) is 4.79 Å². The largest absolute Gasteiger partial charge is 0.486 e. The van der Waals surface area contributed by atoms with Crippen molar-refractivity contribution in [3.63, 3.8) is 0 Å². The molecule has 0 amide bonds. The van der Waals surface area contributed by atoms with Gasteiger partial charge >= 0.3 is 0 Å². The van der Waals surface area contributed by atoms with Crippen LogP contribution in [0.2, 0.25) is 0 Å². The molecule has 0 bridgehead atoms. The summed E-state index contributed by atoms with van der Waals surface area (Å²) in [4.78, 5) is 21.5. The zero-order valence-electron chi connectivity index (χ0n) is 8.89. The van der Waals surface area contributed by atoms with E-state index in [0.29, 0.717) is 10.2 Å². The van der Waals surface area contributed by atoms with Gasteiger partial charge in [0, 0.05) is 16.5 Å². The fourth-order valence-corrected chi connectivity index (χ4v) is 1.87. The number of Topliss-reactive ketones (excluding diaryl/α,β-unsaturated/α-hetero) is 1. The minimum atomic E-state index is -0.500. The molecule has 0 N–H and O–H groups in total. The lowest BCUT2D eigenvalue weighted by atomic mass is 10.3. The summed E-state index contributed by atoms with van der Waals surface area (Å²) < 4.78 is 5.81. The van der Waals surface area contributed by atoms with Crippen LogP contribution in [0, 0.1) is 16.0 Å². The summed E-state index contributed by atoms with van der Waals surface area (Å²) >= 11 is 3.16. The smallest absolute Gasteiger partial charge is 0.274 e. The number of nitrogens with zero attached hydrogens (tertiary/aromatic N) is 1. The minimum Gasteiger partial charge on any atom is -0.486 e. The fraction of sp³-hybridized carbons (Fsp3) is 0.364. The van der Waals surface area contributed by atoms with Crippen LogP contribution in [0.25, 0.3) is 0 Å². The molecule has 17 heavy (non-hydrogen) atoms. The summed E-state index contributed by atoms with van der Waals surface area (Å²) in [7, 11) is 0. The van der Waals surface area contributed by atoms with Gasteiger partial charge in [-0.25, -0.2) is 0 Å². The first-order chi connectivity index (χ1) is 8.06. The van der Waals surface area contributed by atoms with Gasteiger partial charge in [-0.1, -0.05) is 15.9 Å². The normalized spacial score (nSPS) is 14.4. The van der Waals surface area contributed by atoms with Crippen LogP contribution in [-0.4, -0.2) is 17.3 Å². The third kappa shape index (κ3) is 3.26. The molecule has 0 saturated heterocycles. The Morgan fingerprint density at radius 2 is 2.18 bits per heavy atom. The van der Waals surface area contributed by atoms with Gasteiger partial charge in [-0.05, 0) is 18.9 Å². The number of ketones is 1. The van der Waals surface area contributed by atoms with Crippen molar-refractivity contribution >= 4 is 27.4 Å². The Morgan fingerprint density at radius 3 is 2.76 bits per heavy atom. The highest BCUT2D eigenvalue weighted by molar-refractivity contribution is 9.10. The van der Waals surface area contributed by atoms with Crippen molar-refractivity contribution in [2.45, 2.75) is 12.8 Å². The Balaban J connectivity index is 2.04. The third-order valence-electron chi connectivity index (χ3n) is 2.48. The van der Waals surface area contributed by atoms with E-state index < -0.39 is 4.92 Å². The lowest BCUT2D eigenvalue weighted by Crippen LogP contribution is -2.12. The molecule has 0 unspecified atom stereocenters. The molecule has 1 saturated carbocycles. The Bertz CT molecular complexity index is 471. The van der Waals surface area contributed by atoms with Crippen LogP contribution in [0.5, 0.6) is 5.75 Å². The van der Waals surface area contributed by atoms with Gasteiger partial charge in [-0.2, -0.15) is 0 Å². The molecule has 0 radical (unpaired) electrons. The summed E-state index contributed by atoms with van der Waals surface area (Å²) in [6.07, 6.45) is 1.86. The van der Waals surface area contributed by atoms with E-state index in [2.05, 4.69) is 15.9 Å². The monoisotopic (exact) mass is 299 g/mol. The number of ether oxygens (including phenoxy) is 1. The van der Waals surface area contributed by atoms with Crippen LogP contribution in [0.4, 0.5) is 5.69 Å². The van der Waals surface area contributed by atoms with Crippen molar-refractivity contribution in [3.05, 3.63) is 32.8 Å². The first kappa shape index (κ1) is 12.0. The van der Waals surface area contributed by atoms with Gasteiger partial charge in [0.25, 0.3) is 5.69 Å². The van der Waals surface area contributed by atoms with E-state index in [0.717, 1.165) is 12.8 Å². The lowest BCUT2D eigenvalue weighted by molar-refractivity contribution is -0.385. The number of hydrogen-bond acceptors (Lipinski definition) is 4. The molecule has 5 nitrogen and oxygen atoms in total. The molecule has 2 rings (SSSR count). The van der Waals surface area contributed by atoms with Crippen LogP contribution in [0.3, 0.4) is 0 Å². The molecule has 1 aliphatic carbocycles. The quantitative estimate of drug-likeness (QED) is 0.619. The SMILES string of the molecule is O=C(COc1cc(Br)cc([N+](=O)[O-])c1)C1CC1. The van der Waals surface area contributed by atoms with Crippen LogP contribution in [0.15, 0.2) is 22.7 Å². The first-order valence-electron chi connectivity index (χ1n) is 5.17. The Kier molecular flexibility index (Phi) is 3.42. The van der Waals surface area contributed by atoms with Gasteiger partial charge in [0.15, 0.2) is 5.78 Å². The van der Waals surface area contributed by atoms with Crippen molar-refractivity contribution < 1.29 is 14.5 Å². The number of benzene rings is 1. The number of hydrogen-bond donors (Lipinski definition) is 0. The molecule has 1 aromatic rings. The molecule has 0 aromatic heterocycles. The number of carbonyl (C=O) groups is 1. The topological polar surface area (TPSA) is 69.4 Å². The van der Waals surface area contributed by atoms with Crippen molar-refractivity contribution in [2.24, 2.45) is 5.92 Å². The zero-order chi connectivity index (χ0) is 12.4. The summed E-state index contributed by atoms with van der Waals surface area (Å²) in [5.41, 5.74) is -0.0618. The molecule has 1 fully saturated rings. The Morgan fingerprint density at radius 1 is 1.47 bits per heavy atom. The summed E-state index contributed by atoms with van der Waals surface area (Å²) in [5.74, 6) is 0.532. The number of nitro benzene ring substituents is 1. The minimum absolute atomic E-state index is 0.0156. The van der Waals surface area contributed by atoms with Crippen LogP contribution >= 0.6 is 15.9 Å². The molecule has 0 heterocycles. The summed E-state index contributed by atoms with van der Waals surface area (Å²) in [6.45, 7) is -0.0156. The molecule has 1 aliphatic rings. The van der Waals surface area contributed by atoms with Crippen molar-refractivity contribution in [1.82, 2.24) is 0 Å². The van der Waals surface area contributed by atoms with Crippen molar-refractivity contribution in [1.29, 1.82) is 0 Å². The maximum Gasteiger partial charge on any atom is 0.274 e. The van der Waals surface area contributed by atoms with E-state index in [4.69, 9.17) is 4.74 Å². The number of rotatable bonds is 5. The number of nitro groups is 1. The molecular formula is C11H10BrNO4. The van der Waals surface area contributed by atoms with E-state index in [-0.39, 0.29) is 24.0 Å². The highest BCUT2D eigenvalue weighted by Crippen LogP contribution is 2.30. The van der Waals surface area contributed by atoms with E-state index >= 15 is 0 Å².